The van der Waals surface area contributed by atoms with Crippen LogP contribution in [0.3, 0.4) is 0 Å². The van der Waals surface area contributed by atoms with Gasteiger partial charge in [0.15, 0.2) is 0 Å². The maximum atomic E-state index is 2.23. The molecular formula is C14H18. The average molecular weight is 186 g/mol. The lowest BCUT2D eigenvalue weighted by atomic mass is 10.1. The summed E-state index contributed by atoms with van der Waals surface area (Å²) >= 11 is 0. The first-order chi connectivity index (χ1) is 7.00. The van der Waals surface area contributed by atoms with E-state index in [1.54, 1.807) is 0 Å². The average Bonchev–Trinajstić information content (AvgIpc) is 2.22. The smallest absolute Gasteiger partial charge is 0.0347 e. The quantitative estimate of drug-likeness (QED) is 0.528. The second-order valence-electron chi connectivity index (χ2n) is 3.30. The molecule has 1 aliphatic rings. The van der Waals surface area contributed by atoms with Crippen LogP contribution in [-0.2, 0) is 0 Å². The lowest BCUT2D eigenvalue weighted by Crippen LogP contribution is -1.71. The van der Waals surface area contributed by atoms with Gasteiger partial charge in [0.05, 0.1) is 0 Å². The fourth-order valence-corrected chi connectivity index (χ4v) is 1.26. The molecule has 0 heterocycles. The highest BCUT2D eigenvalue weighted by Gasteiger charge is 1.82. The second kappa shape index (κ2) is 8.31. The van der Waals surface area contributed by atoms with E-state index in [1.807, 2.05) is 12.2 Å². The first-order valence-electron chi connectivity index (χ1n) is 5.32. The van der Waals surface area contributed by atoms with Crippen LogP contribution >= 0.6 is 0 Å². The summed E-state index contributed by atoms with van der Waals surface area (Å²) in [7, 11) is 0. The Morgan fingerprint density at radius 1 is 0.429 bits per heavy atom. The molecule has 14 heavy (non-hydrogen) atoms. The Bertz CT molecular complexity index is 234. The highest BCUT2D eigenvalue weighted by molar-refractivity contribution is 5.17. The van der Waals surface area contributed by atoms with Gasteiger partial charge in [-0.15, -0.1) is 0 Å². The molecule has 0 aromatic carbocycles. The molecule has 1 rings (SSSR count). The zero-order chi connectivity index (χ0) is 9.90. The topological polar surface area (TPSA) is 0 Å². The van der Waals surface area contributed by atoms with E-state index in [-0.39, 0.29) is 0 Å². The fraction of sp³-hybridized carbons (Fsp3) is 0.286. The molecule has 0 aliphatic heterocycles. The molecule has 1 aliphatic carbocycles. The molecule has 0 atom stereocenters. The molecule has 0 saturated carbocycles. The highest BCUT2D eigenvalue weighted by Crippen LogP contribution is 2.02. The van der Waals surface area contributed by atoms with E-state index in [1.165, 1.54) is 25.7 Å². The van der Waals surface area contributed by atoms with Crippen LogP contribution in [0.4, 0.5) is 0 Å². The summed E-state index contributed by atoms with van der Waals surface area (Å²) < 4.78 is 0. The Balaban J connectivity index is 2.46. The van der Waals surface area contributed by atoms with Crippen molar-refractivity contribution in [3.8, 4) is 0 Å². The first kappa shape index (κ1) is 10.8. The van der Waals surface area contributed by atoms with Crippen molar-refractivity contribution < 1.29 is 0 Å². The summed E-state index contributed by atoms with van der Waals surface area (Å²) in [6.45, 7) is 0. The Morgan fingerprint density at radius 2 is 0.786 bits per heavy atom. The van der Waals surface area contributed by atoms with Gasteiger partial charge in [-0.3, -0.25) is 0 Å². The molecule has 0 aromatic heterocycles. The van der Waals surface area contributed by atoms with Crippen LogP contribution in [-0.4, -0.2) is 0 Å². The van der Waals surface area contributed by atoms with Gasteiger partial charge in [0.25, 0.3) is 0 Å². The SMILES string of the molecule is C1=C\C=C\C=C\CCCC/C=C/C=C/1. The maximum Gasteiger partial charge on any atom is -0.0347 e. The summed E-state index contributed by atoms with van der Waals surface area (Å²) in [4.78, 5) is 0. The third kappa shape index (κ3) is 6.24. The van der Waals surface area contributed by atoms with E-state index >= 15 is 0 Å². The predicted molar refractivity (Wildman–Crippen MR) is 64.2 cm³/mol. The molecule has 0 heteroatoms. The van der Waals surface area contributed by atoms with Crippen molar-refractivity contribution in [2.45, 2.75) is 25.7 Å². The van der Waals surface area contributed by atoms with Crippen LogP contribution in [0.1, 0.15) is 25.7 Å². The highest BCUT2D eigenvalue weighted by atomic mass is 13.9. The van der Waals surface area contributed by atoms with Crippen LogP contribution in [0.2, 0.25) is 0 Å². The monoisotopic (exact) mass is 186 g/mol. The summed E-state index contributed by atoms with van der Waals surface area (Å²) in [6, 6.07) is 0. The van der Waals surface area contributed by atoms with E-state index in [4.69, 9.17) is 0 Å². The van der Waals surface area contributed by atoms with Crippen LogP contribution in [0, 0.1) is 0 Å². The Hall–Kier alpha value is -1.30. The summed E-state index contributed by atoms with van der Waals surface area (Å²) in [5.74, 6) is 0. The maximum absolute atomic E-state index is 2.23. The van der Waals surface area contributed by atoms with Gasteiger partial charge in [-0.1, -0.05) is 60.8 Å². The third-order valence-electron chi connectivity index (χ3n) is 2.04. The van der Waals surface area contributed by atoms with Crippen LogP contribution in [0.15, 0.2) is 60.8 Å². The van der Waals surface area contributed by atoms with Gasteiger partial charge >= 0.3 is 0 Å². The Labute approximate surface area is 87.0 Å². The van der Waals surface area contributed by atoms with E-state index in [9.17, 15) is 0 Å². The third-order valence-corrected chi connectivity index (χ3v) is 2.04. The van der Waals surface area contributed by atoms with Crippen molar-refractivity contribution in [2.75, 3.05) is 0 Å². The Kier molecular flexibility index (Phi) is 6.39. The fourth-order valence-electron chi connectivity index (χ4n) is 1.26. The van der Waals surface area contributed by atoms with Gasteiger partial charge in [-0.2, -0.15) is 0 Å². The van der Waals surface area contributed by atoms with Gasteiger partial charge < -0.3 is 0 Å². The van der Waals surface area contributed by atoms with Gasteiger partial charge in [0.1, 0.15) is 0 Å². The molecule has 0 nitrogen and oxygen atoms in total. The molecule has 0 amide bonds. The van der Waals surface area contributed by atoms with Gasteiger partial charge in [0.2, 0.25) is 0 Å². The zero-order valence-corrected chi connectivity index (χ0v) is 8.60. The van der Waals surface area contributed by atoms with E-state index < -0.39 is 0 Å². The molecule has 0 bridgehead atoms. The second-order valence-corrected chi connectivity index (χ2v) is 3.30. The van der Waals surface area contributed by atoms with E-state index in [0.29, 0.717) is 0 Å². The minimum atomic E-state index is 1.19. The molecule has 0 fully saturated rings. The van der Waals surface area contributed by atoms with Crippen molar-refractivity contribution >= 4 is 0 Å². The summed E-state index contributed by atoms with van der Waals surface area (Å²) in [5, 5.41) is 0. The van der Waals surface area contributed by atoms with Gasteiger partial charge in [-0.25, -0.2) is 0 Å². The number of hydrogen-bond acceptors (Lipinski definition) is 0. The van der Waals surface area contributed by atoms with E-state index in [2.05, 4.69) is 48.6 Å². The van der Waals surface area contributed by atoms with Crippen LogP contribution in [0.5, 0.6) is 0 Å². The lowest BCUT2D eigenvalue weighted by molar-refractivity contribution is 0.762. The standard InChI is InChI=1S/C14H18/c1-2-4-6-8-10-12-14-13-11-9-7-5-3-1/h1-10H,11-14H2/b2-1-,5-3+,6-4+,9-7+,10-8+. The van der Waals surface area contributed by atoms with Crippen molar-refractivity contribution in [1.29, 1.82) is 0 Å². The molecule has 0 spiro atoms. The zero-order valence-electron chi connectivity index (χ0n) is 8.60. The van der Waals surface area contributed by atoms with Gasteiger partial charge in [0, 0.05) is 0 Å². The minimum Gasteiger partial charge on any atom is -0.0845 e. The van der Waals surface area contributed by atoms with Gasteiger partial charge in [-0.05, 0) is 25.7 Å². The Morgan fingerprint density at radius 3 is 1.21 bits per heavy atom. The molecule has 0 aromatic rings. The molecule has 0 unspecified atom stereocenters. The first-order valence-corrected chi connectivity index (χ1v) is 5.32. The lowest BCUT2D eigenvalue weighted by Gasteiger charge is -1.91. The predicted octanol–water partition coefficient (Wildman–Crippen LogP) is 4.34. The molecular weight excluding hydrogens is 168 g/mol. The van der Waals surface area contributed by atoms with Crippen molar-refractivity contribution in [3.05, 3.63) is 60.8 Å². The number of allylic oxidation sites excluding steroid dienone is 10. The van der Waals surface area contributed by atoms with E-state index in [0.717, 1.165) is 0 Å². The normalized spacial score (nSPS) is 29.7. The molecule has 74 valence electrons. The van der Waals surface area contributed by atoms with Crippen LogP contribution < -0.4 is 0 Å². The molecule has 0 N–H and O–H groups in total. The largest absolute Gasteiger partial charge is 0.0845 e. The van der Waals surface area contributed by atoms with Crippen molar-refractivity contribution in [3.63, 3.8) is 0 Å². The summed E-state index contributed by atoms with van der Waals surface area (Å²) in [6.07, 6.45) is 26.0. The molecule has 0 saturated heterocycles. The summed E-state index contributed by atoms with van der Waals surface area (Å²) in [5.41, 5.74) is 0. The minimum absolute atomic E-state index is 1.19. The van der Waals surface area contributed by atoms with Crippen molar-refractivity contribution in [2.24, 2.45) is 0 Å². The van der Waals surface area contributed by atoms with Crippen molar-refractivity contribution in [1.82, 2.24) is 0 Å². The number of rotatable bonds is 0. The van der Waals surface area contributed by atoms with Crippen LogP contribution in [0.25, 0.3) is 0 Å². The molecule has 0 radical (unpaired) electrons. The number of hydrogen-bond donors (Lipinski definition) is 0.